The normalized spacial score (nSPS) is 12.0. The maximum Gasteiger partial charge on any atom is 0.163 e. The monoisotopic (exact) mass is 313 g/mol. The number of fused-ring (bicyclic) bond motifs is 1. The van der Waals surface area contributed by atoms with Gasteiger partial charge in [0.1, 0.15) is 0 Å². The van der Waals surface area contributed by atoms with Gasteiger partial charge in [0.15, 0.2) is 5.65 Å². The van der Waals surface area contributed by atoms with Crippen LogP contribution >= 0.6 is 11.6 Å². The lowest BCUT2D eigenvalue weighted by Gasteiger charge is -2.17. The van der Waals surface area contributed by atoms with Crippen LogP contribution in [0.2, 0.25) is 5.02 Å². The Kier molecular flexibility index (Phi) is 3.69. The molecule has 2 heterocycles. The molecule has 114 valence electrons. The first-order chi connectivity index (χ1) is 10.4. The van der Waals surface area contributed by atoms with Crippen molar-refractivity contribution < 1.29 is 0 Å². The van der Waals surface area contributed by atoms with Crippen molar-refractivity contribution in [2.45, 2.75) is 39.5 Å². The maximum atomic E-state index is 6.13. The van der Waals surface area contributed by atoms with Gasteiger partial charge >= 0.3 is 0 Å². The molecule has 0 bridgehead atoms. The molecule has 3 rings (SSSR count). The van der Waals surface area contributed by atoms with Crippen LogP contribution in [0, 0.1) is 0 Å². The van der Waals surface area contributed by atoms with E-state index >= 15 is 0 Å². The third-order valence-corrected chi connectivity index (χ3v) is 4.00. The molecule has 0 saturated heterocycles. The molecule has 0 atom stereocenters. The molecule has 0 saturated carbocycles. The quantitative estimate of drug-likeness (QED) is 0.671. The molecule has 2 aromatic heterocycles. The summed E-state index contributed by atoms with van der Waals surface area (Å²) < 4.78 is 1.90. The first-order valence-corrected chi connectivity index (χ1v) is 7.93. The van der Waals surface area contributed by atoms with E-state index in [0.717, 1.165) is 34.5 Å². The number of rotatable bonds is 2. The highest BCUT2D eigenvalue weighted by Gasteiger charge is 2.19. The largest absolute Gasteiger partial charge is 0.232 e. The summed E-state index contributed by atoms with van der Waals surface area (Å²) in [7, 11) is 0. The number of hydrogen-bond donors (Lipinski definition) is 0. The minimum absolute atomic E-state index is 0.00397. The lowest BCUT2D eigenvalue weighted by atomic mass is 9.91. The Morgan fingerprint density at radius 1 is 1.14 bits per heavy atom. The zero-order valence-electron chi connectivity index (χ0n) is 13.4. The van der Waals surface area contributed by atoms with Crippen LogP contribution in [0.4, 0.5) is 0 Å². The van der Waals surface area contributed by atoms with E-state index in [1.807, 2.05) is 28.9 Å². The van der Waals surface area contributed by atoms with Crippen LogP contribution in [0.15, 0.2) is 36.4 Å². The third kappa shape index (κ3) is 2.61. The molecule has 0 spiro atoms. The second-order valence-electron chi connectivity index (χ2n) is 6.51. The van der Waals surface area contributed by atoms with Crippen molar-refractivity contribution in [1.82, 2.24) is 14.8 Å². The summed E-state index contributed by atoms with van der Waals surface area (Å²) in [6.07, 6.45) is 0.876. The Morgan fingerprint density at radius 3 is 2.55 bits per heavy atom. The van der Waals surface area contributed by atoms with E-state index < -0.39 is 0 Å². The Labute approximate surface area is 135 Å². The van der Waals surface area contributed by atoms with Gasteiger partial charge < -0.3 is 0 Å². The Bertz CT molecular complexity index is 828. The van der Waals surface area contributed by atoms with Crippen molar-refractivity contribution in [3.63, 3.8) is 0 Å². The van der Waals surface area contributed by atoms with Crippen molar-refractivity contribution in [3.8, 4) is 5.69 Å². The molecule has 0 aliphatic carbocycles. The van der Waals surface area contributed by atoms with Crippen LogP contribution in [0.25, 0.3) is 16.7 Å². The standard InChI is InChI=1S/C18H20ClN3/c1-5-15-14-9-10-16(18(2,3)4)20-17(14)22(21-15)13-8-6-7-12(19)11-13/h6-11H,5H2,1-4H3. The zero-order valence-corrected chi connectivity index (χ0v) is 14.1. The Morgan fingerprint density at radius 2 is 1.91 bits per heavy atom. The van der Waals surface area contributed by atoms with Crippen molar-refractivity contribution in [2.75, 3.05) is 0 Å². The van der Waals surface area contributed by atoms with Crippen LogP contribution in [0.5, 0.6) is 0 Å². The fourth-order valence-electron chi connectivity index (χ4n) is 2.52. The number of halogens is 1. The third-order valence-electron chi connectivity index (χ3n) is 3.76. The molecule has 0 radical (unpaired) electrons. The molecular weight excluding hydrogens is 294 g/mol. The van der Waals surface area contributed by atoms with Crippen LogP contribution < -0.4 is 0 Å². The number of aryl methyl sites for hydroxylation is 1. The van der Waals surface area contributed by atoms with Crippen molar-refractivity contribution in [2.24, 2.45) is 0 Å². The molecule has 0 aliphatic heterocycles. The lowest BCUT2D eigenvalue weighted by Crippen LogP contribution is -2.13. The van der Waals surface area contributed by atoms with Gasteiger partial charge in [0.25, 0.3) is 0 Å². The molecule has 0 unspecified atom stereocenters. The minimum Gasteiger partial charge on any atom is -0.232 e. The highest BCUT2D eigenvalue weighted by atomic mass is 35.5. The zero-order chi connectivity index (χ0) is 15.9. The first-order valence-electron chi connectivity index (χ1n) is 7.55. The number of aromatic nitrogens is 3. The summed E-state index contributed by atoms with van der Waals surface area (Å²) in [6.45, 7) is 8.62. The number of pyridine rings is 1. The molecule has 0 amide bonds. The van der Waals surface area contributed by atoms with Crippen LogP contribution in [0.3, 0.4) is 0 Å². The van der Waals surface area contributed by atoms with E-state index in [-0.39, 0.29) is 5.41 Å². The SMILES string of the molecule is CCc1nn(-c2cccc(Cl)c2)c2nc(C(C)(C)C)ccc12. The topological polar surface area (TPSA) is 30.7 Å². The van der Waals surface area contributed by atoms with E-state index in [4.69, 9.17) is 21.7 Å². The maximum absolute atomic E-state index is 6.13. The second-order valence-corrected chi connectivity index (χ2v) is 6.95. The summed E-state index contributed by atoms with van der Waals surface area (Å²) in [5.41, 5.74) is 3.96. The lowest BCUT2D eigenvalue weighted by molar-refractivity contribution is 0.570. The molecule has 3 nitrogen and oxygen atoms in total. The minimum atomic E-state index is 0.00397. The summed E-state index contributed by atoms with van der Waals surface area (Å²) in [4.78, 5) is 4.88. The van der Waals surface area contributed by atoms with Gasteiger partial charge in [0, 0.05) is 21.5 Å². The molecule has 3 aromatic rings. The Hall–Kier alpha value is -1.87. The summed E-state index contributed by atoms with van der Waals surface area (Å²) in [6, 6.07) is 12.0. The number of nitrogens with zero attached hydrogens (tertiary/aromatic N) is 3. The van der Waals surface area contributed by atoms with E-state index in [1.165, 1.54) is 0 Å². The summed E-state index contributed by atoms with van der Waals surface area (Å²) >= 11 is 6.13. The van der Waals surface area contributed by atoms with Crippen molar-refractivity contribution >= 4 is 22.6 Å². The smallest absolute Gasteiger partial charge is 0.163 e. The molecule has 0 N–H and O–H groups in total. The fourth-order valence-corrected chi connectivity index (χ4v) is 2.71. The van der Waals surface area contributed by atoms with Crippen LogP contribution in [0.1, 0.15) is 39.1 Å². The summed E-state index contributed by atoms with van der Waals surface area (Å²) in [5.74, 6) is 0. The summed E-state index contributed by atoms with van der Waals surface area (Å²) in [5, 5.41) is 6.54. The van der Waals surface area contributed by atoms with Gasteiger partial charge in [-0.1, -0.05) is 45.4 Å². The predicted molar refractivity (Wildman–Crippen MR) is 92.0 cm³/mol. The average molecular weight is 314 g/mol. The van der Waals surface area contributed by atoms with Gasteiger partial charge in [0.05, 0.1) is 11.4 Å². The fraction of sp³-hybridized carbons (Fsp3) is 0.333. The first kappa shape index (κ1) is 15.0. The van der Waals surface area contributed by atoms with Gasteiger partial charge in [-0.2, -0.15) is 5.10 Å². The van der Waals surface area contributed by atoms with E-state index in [9.17, 15) is 0 Å². The van der Waals surface area contributed by atoms with Crippen LogP contribution in [-0.2, 0) is 11.8 Å². The van der Waals surface area contributed by atoms with Crippen molar-refractivity contribution in [3.05, 3.63) is 52.8 Å². The molecule has 1 aromatic carbocycles. The molecule has 4 heteroatoms. The van der Waals surface area contributed by atoms with Gasteiger partial charge in [-0.3, -0.25) is 0 Å². The molecular formula is C18H20ClN3. The molecule has 0 fully saturated rings. The van der Waals surface area contributed by atoms with Crippen molar-refractivity contribution in [1.29, 1.82) is 0 Å². The van der Waals surface area contributed by atoms with Gasteiger partial charge in [-0.05, 0) is 36.8 Å². The second kappa shape index (κ2) is 5.40. The highest BCUT2D eigenvalue weighted by Crippen LogP contribution is 2.27. The van der Waals surface area contributed by atoms with E-state index in [2.05, 4.69) is 39.8 Å². The van der Waals surface area contributed by atoms with Crippen LogP contribution in [-0.4, -0.2) is 14.8 Å². The predicted octanol–water partition coefficient (Wildman–Crippen LogP) is 4.93. The Balaban J connectivity index is 2.29. The van der Waals surface area contributed by atoms with E-state index in [0.29, 0.717) is 5.02 Å². The molecule has 22 heavy (non-hydrogen) atoms. The highest BCUT2D eigenvalue weighted by molar-refractivity contribution is 6.30. The van der Waals surface area contributed by atoms with Gasteiger partial charge in [-0.25, -0.2) is 9.67 Å². The van der Waals surface area contributed by atoms with E-state index in [1.54, 1.807) is 0 Å². The number of benzene rings is 1. The number of hydrogen-bond acceptors (Lipinski definition) is 2. The van der Waals surface area contributed by atoms with Gasteiger partial charge in [0.2, 0.25) is 0 Å². The average Bonchev–Trinajstić information content (AvgIpc) is 2.84. The molecule has 0 aliphatic rings. The van der Waals surface area contributed by atoms with Gasteiger partial charge in [-0.15, -0.1) is 0 Å².